The fourth-order valence-corrected chi connectivity index (χ4v) is 0.578. The predicted molar refractivity (Wildman–Crippen MR) is 49.7 cm³/mol. The maximum absolute atomic E-state index is 12.3. The van der Waals surface area contributed by atoms with Crippen LogP contribution in [0.2, 0.25) is 0 Å². The summed E-state index contributed by atoms with van der Waals surface area (Å²) in [4.78, 5) is 11.2. The monoisotopic (exact) mass is 222 g/mol. The van der Waals surface area contributed by atoms with Gasteiger partial charge in [-0.25, -0.2) is 0 Å². The maximum Gasteiger partial charge on any atom is 0.415 e. The predicted octanol–water partition coefficient (Wildman–Crippen LogP) is 0.794. The highest BCUT2D eigenvalue weighted by Gasteiger charge is 2.54. The van der Waals surface area contributed by atoms with E-state index in [0.29, 0.717) is 6.92 Å². The normalized spacial score (nSPS) is 16.4. The molecule has 3 N–H and O–H groups in total. The van der Waals surface area contributed by atoms with E-state index in [0.717, 1.165) is 0 Å². The Kier molecular flexibility index (Phi) is 3.43. The summed E-state index contributed by atoms with van der Waals surface area (Å²) in [6, 6.07) is 0. The number of alkyl halides is 3. The van der Waals surface area contributed by atoms with Gasteiger partial charge in [0.2, 0.25) is 5.91 Å². The van der Waals surface area contributed by atoms with Crippen LogP contribution in [0.5, 0.6) is 0 Å². The number of halogens is 3. The molecule has 0 saturated heterocycles. The Morgan fingerprint density at radius 2 is 1.73 bits per heavy atom. The molecule has 0 aliphatic heterocycles. The third-order valence-electron chi connectivity index (χ3n) is 1.85. The number of nitrogens with one attached hydrogen (secondary N) is 1. The van der Waals surface area contributed by atoms with Crippen LogP contribution in [-0.2, 0) is 4.79 Å². The molecule has 1 atom stereocenters. The molecular weight excluding hydrogens is 209 g/mol. The van der Waals surface area contributed by atoms with Crippen LogP contribution in [0.4, 0.5) is 13.2 Å². The van der Waals surface area contributed by atoms with Gasteiger partial charge in [-0.05, 0) is 20.8 Å². The van der Waals surface area contributed by atoms with E-state index in [1.807, 2.05) is 5.32 Å². The number of amides is 1. The van der Waals surface area contributed by atoms with Crippen molar-refractivity contribution in [1.82, 2.24) is 5.32 Å². The molecule has 3 nitrogen and oxygen atoms in total. The first-order valence-electron chi connectivity index (χ1n) is 4.10. The number of nitrogens with two attached hydrogens (primary N) is 1. The van der Waals surface area contributed by atoms with Crippen molar-refractivity contribution in [3.63, 3.8) is 0 Å². The summed E-state index contributed by atoms with van der Waals surface area (Å²) >= 11 is 0. The van der Waals surface area contributed by atoms with Crippen LogP contribution >= 0.6 is 0 Å². The molecule has 0 spiro atoms. The fourth-order valence-electron chi connectivity index (χ4n) is 0.578. The van der Waals surface area contributed by atoms with E-state index < -0.39 is 23.2 Å². The van der Waals surface area contributed by atoms with Gasteiger partial charge in [0, 0.05) is 0 Å². The van der Waals surface area contributed by atoms with Crippen molar-refractivity contribution in [1.29, 1.82) is 0 Å². The number of hydrogen-bond donors (Lipinski definition) is 2. The third kappa shape index (κ3) is 3.13. The molecule has 1 unspecified atom stereocenters. The lowest BCUT2D eigenvalue weighted by molar-refractivity contribution is -0.188. The number of hydrogen-bond acceptors (Lipinski definition) is 2. The topological polar surface area (TPSA) is 55.1 Å². The third-order valence-corrected chi connectivity index (χ3v) is 1.85. The SMILES string of the molecule is C#CC(C)(C)NC(=O)C(C)(N)C(F)(F)F. The lowest BCUT2D eigenvalue weighted by Gasteiger charge is -2.30. The molecule has 0 rings (SSSR count). The Hall–Kier alpha value is -1.22. The van der Waals surface area contributed by atoms with E-state index >= 15 is 0 Å². The molecule has 6 heteroatoms. The Bertz CT molecular complexity index is 299. The minimum absolute atomic E-state index is 0.592. The average molecular weight is 222 g/mol. The van der Waals surface area contributed by atoms with Crippen molar-refractivity contribution in [3.8, 4) is 12.3 Å². The molecule has 0 heterocycles. The van der Waals surface area contributed by atoms with E-state index in [4.69, 9.17) is 12.2 Å². The highest BCUT2D eigenvalue weighted by Crippen LogP contribution is 2.28. The van der Waals surface area contributed by atoms with Crippen LogP contribution in [0.3, 0.4) is 0 Å². The van der Waals surface area contributed by atoms with Crippen molar-refractivity contribution in [2.75, 3.05) is 0 Å². The minimum atomic E-state index is -4.82. The second kappa shape index (κ2) is 3.74. The van der Waals surface area contributed by atoms with Crippen LogP contribution in [0, 0.1) is 12.3 Å². The van der Waals surface area contributed by atoms with Crippen molar-refractivity contribution in [3.05, 3.63) is 0 Å². The Balaban J connectivity index is 4.84. The first-order valence-corrected chi connectivity index (χ1v) is 4.10. The molecule has 0 aromatic heterocycles. The van der Waals surface area contributed by atoms with Crippen molar-refractivity contribution < 1.29 is 18.0 Å². The summed E-state index contributed by atoms with van der Waals surface area (Å²) in [5, 5.41) is 2.03. The molecule has 0 bridgehead atoms. The standard InChI is InChI=1S/C9H13F3N2O/c1-5-7(2,3)14-6(15)8(4,13)9(10,11)12/h1H,13H2,2-4H3,(H,14,15). The molecular formula is C9H13F3N2O. The zero-order valence-electron chi connectivity index (χ0n) is 8.70. The van der Waals surface area contributed by atoms with Crippen molar-refractivity contribution in [2.45, 2.75) is 38.0 Å². The number of terminal acetylenes is 1. The van der Waals surface area contributed by atoms with Crippen LogP contribution in [-0.4, -0.2) is 23.2 Å². The van der Waals surface area contributed by atoms with Gasteiger partial charge in [0.1, 0.15) is 0 Å². The summed E-state index contributed by atoms with van der Waals surface area (Å²) in [6.45, 7) is 3.39. The van der Waals surface area contributed by atoms with Gasteiger partial charge in [-0.2, -0.15) is 13.2 Å². The van der Waals surface area contributed by atoms with E-state index in [9.17, 15) is 18.0 Å². The van der Waals surface area contributed by atoms with E-state index in [1.165, 1.54) is 13.8 Å². The average Bonchev–Trinajstić information content (AvgIpc) is 2.01. The lowest BCUT2D eigenvalue weighted by atomic mass is 9.99. The summed E-state index contributed by atoms with van der Waals surface area (Å²) < 4.78 is 37.0. The zero-order valence-corrected chi connectivity index (χ0v) is 8.70. The first kappa shape index (κ1) is 13.8. The number of carbonyl (C=O) groups excluding carboxylic acids is 1. The maximum atomic E-state index is 12.3. The Morgan fingerprint density at radius 1 is 1.33 bits per heavy atom. The van der Waals surface area contributed by atoms with Crippen LogP contribution in [0.1, 0.15) is 20.8 Å². The summed E-state index contributed by atoms with van der Waals surface area (Å²) in [7, 11) is 0. The van der Waals surface area contributed by atoms with Crippen LogP contribution < -0.4 is 11.1 Å². The van der Waals surface area contributed by atoms with Gasteiger partial charge >= 0.3 is 6.18 Å². The fraction of sp³-hybridized carbons (Fsp3) is 0.667. The zero-order chi connectivity index (χ0) is 12.5. The van der Waals surface area contributed by atoms with Crippen LogP contribution in [0.15, 0.2) is 0 Å². The highest BCUT2D eigenvalue weighted by atomic mass is 19.4. The summed E-state index contributed by atoms with van der Waals surface area (Å²) in [6.07, 6.45) is 0.202. The molecule has 0 aliphatic rings. The molecule has 0 aromatic rings. The number of carbonyl (C=O) groups is 1. The van der Waals surface area contributed by atoms with Gasteiger partial charge < -0.3 is 11.1 Å². The molecule has 0 aromatic carbocycles. The minimum Gasteiger partial charge on any atom is -0.338 e. The molecule has 1 amide bonds. The quantitative estimate of drug-likeness (QED) is 0.679. The van der Waals surface area contributed by atoms with Gasteiger partial charge in [-0.15, -0.1) is 6.42 Å². The van der Waals surface area contributed by atoms with Gasteiger partial charge in [-0.3, -0.25) is 4.79 Å². The van der Waals surface area contributed by atoms with Gasteiger partial charge in [0.05, 0.1) is 5.54 Å². The van der Waals surface area contributed by atoms with Gasteiger partial charge in [-0.1, -0.05) is 5.92 Å². The second-order valence-corrected chi connectivity index (χ2v) is 3.92. The molecule has 0 fully saturated rings. The molecule has 15 heavy (non-hydrogen) atoms. The van der Waals surface area contributed by atoms with Gasteiger partial charge in [0.25, 0.3) is 0 Å². The van der Waals surface area contributed by atoms with Crippen molar-refractivity contribution >= 4 is 5.91 Å². The van der Waals surface area contributed by atoms with Gasteiger partial charge in [0.15, 0.2) is 5.54 Å². The molecule has 0 radical (unpaired) electrons. The Morgan fingerprint density at radius 3 is 2.00 bits per heavy atom. The highest BCUT2D eigenvalue weighted by molar-refractivity contribution is 5.87. The number of rotatable bonds is 2. The molecule has 0 aliphatic carbocycles. The second-order valence-electron chi connectivity index (χ2n) is 3.92. The summed E-state index contributed by atoms with van der Waals surface area (Å²) in [5.41, 5.74) is 0.787. The van der Waals surface area contributed by atoms with E-state index in [2.05, 4.69) is 5.92 Å². The lowest BCUT2D eigenvalue weighted by Crippen LogP contribution is -2.64. The first-order chi connectivity index (χ1) is 6.44. The Labute approximate surface area is 86.2 Å². The molecule has 86 valence electrons. The molecule has 0 saturated carbocycles. The van der Waals surface area contributed by atoms with E-state index in [1.54, 1.807) is 0 Å². The smallest absolute Gasteiger partial charge is 0.338 e. The van der Waals surface area contributed by atoms with Crippen molar-refractivity contribution in [2.24, 2.45) is 5.73 Å². The van der Waals surface area contributed by atoms with Crippen LogP contribution in [0.25, 0.3) is 0 Å². The van der Waals surface area contributed by atoms with E-state index in [-0.39, 0.29) is 0 Å². The summed E-state index contributed by atoms with van der Waals surface area (Å²) in [5.74, 6) is 0.792. The largest absolute Gasteiger partial charge is 0.415 e.